The first kappa shape index (κ1) is 25.9. The second kappa shape index (κ2) is 10.2. The molecule has 5 atom stereocenters. The van der Waals surface area contributed by atoms with Crippen LogP contribution in [-0.4, -0.2) is 76.7 Å². The molecule has 4 aliphatic rings. The number of esters is 1. The van der Waals surface area contributed by atoms with Crippen LogP contribution in [-0.2, 0) is 19.1 Å². The molecule has 2 saturated heterocycles. The number of carbonyl (C=O) groups is 3. The van der Waals surface area contributed by atoms with E-state index in [1.807, 2.05) is 31.2 Å². The van der Waals surface area contributed by atoms with Gasteiger partial charge in [0.1, 0.15) is 11.8 Å². The first-order chi connectivity index (χ1) is 17.9. The summed E-state index contributed by atoms with van der Waals surface area (Å²) in [6.07, 6.45) is 11.0. The third-order valence-electron chi connectivity index (χ3n) is 7.94. The normalized spacial score (nSPS) is 34.4. The minimum atomic E-state index is -0.929. The van der Waals surface area contributed by atoms with Crippen LogP contribution in [0.2, 0.25) is 0 Å². The number of rotatable bonds is 5. The van der Waals surface area contributed by atoms with Gasteiger partial charge in [0.2, 0.25) is 5.91 Å². The number of hydrogen-bond acceptors (Lipinski definition) is 7. The van der Waals surface area contributed by atoms with Gasteiger partial charge in [-0.3, -0.25) is 14.4 Å². The van der Waals surface area contributed by atoms with Crippen LogP contribution in [0.25, 0.3) is 0 Å². The lowest BCUT2D eigenvalue weighted by molar-refractivity contribution is -0.154. The molecule has 4 heterocycles. The number of nitrogens with zero attached hydrogens (tertiary/aromatic N) is 2. The standard InChI is InChI=1S/C28H34N2O6S/c1-27-13-5-3-4-6-18-36-26(34)22(27)21-24(32)30(16-8-17-31)23-25(33)29(15-7-14-28(21,23)37-27)19-9-11-20(35-2)12-10-19/h5,7,9-14,21-23,31H,3-4,6,8,15-18H2,1-2H3/b13-5-/t21-,22-,23?,27+,28-/m0/s1. The zero-order chi connectivity index (χ0) is 26.2. The number of aliphatic hydroxyl groups excluding tert-OH is 1. The van der Waals surface area contributed by atoms with Gasteiger partial charge >= 0.3 is 5.97 Å². The van der Waals surface area contributed by atoms with Crippen molar-refractivity contribution in [2.75, 3.05) is 38.3 Å². The minimum absolute atomic E-state index is 0.0978. The predicted octanol–water partition coefficient (Wildman–Crippen LogP) is 2.95. The first-order valence-corrected chi connectivity index (χ1v) is 13.8. The van der Waals surface area contributed by atoms with Gasteiger partial charge < -0.3 is 24.4 Å². The van der Waals surface area contributed by atoms with Crippen LogP contribution in [0.1, 0.15) is 32.6 Å². The van der Waals surface area contributed by atoms with E-state index in [1.165, 1.54) is 11.8 Å². The van der Waals surface area contributed by atoms with Crippen LogP contribution in [0.4, 0.5) is 5.69 Å². The molecule has 8 nitrogen and oxygen atoms in total. The molecule has 1 aromatic carbocycles. The third-order valence-corrected chi connectivity index (χ3v) is 9.74. The molecular weight excluding hydrogens is 492 g/mol. The van der Waals surface area contributed by atoms with Gasteiger partial charge in [-0.05, 0) is 56.9 Å². The Bertz CT molecular complexity index is 1120. The van der Waals surface area contributed by atoms with E-state index in [-0.39, 0.29) is 30.9 Å². The largest absolute Gasteiger partial charge is 0.497 e. The molecule has 37 heavy (non-hydrogen) atoms. The monoisotopic (exact) mass is 526 g/mol. The van der Waals surface area contributed by atoms with E-state index < -0.39 is 27.4 Å². The molecule has 4 aliphatic heterocycles. The predicted molar refractivity (Wildman–Crippen MR) is 141 cm³/mol. The average Bonchev–Trinajstić information content (AvgIpc) is 3.22. The van der Waals surface area contributed by atoms with Crippen LogP contribution >= 0.6 is 11.8 Å². The number of hydrogen-bond donors (Lipinski definition) is 1. The van der Waals surface area contributed by atoms with E-state index in [4.69, 9.17) is 9.47 Å². The second-order valence-electron chi connectivity index (χ2n) is 10.2. The van der Waals surface area contributed by atoms with Crippen molar-refractivity contribution in [1.82, 2.24) is 4.90 Å². The van der Waals surface area contributed by atoms with Crippen LogP contribution in [0.15, 0.2) is 48.6 Å². The number of likely N-dealkylation sites (tertiary alicyclic amines) is 1. The van der Waals surface area contributed by atoms with E-state index in [1.54, 1.807) is 29.0 Å². The summed E-state index contributed by atoms with van der Waals surface area (Å²) in [5.74, 6) is -1.56. The molecule has 0 aromatic heterocycles. The molecular formula is C28H34N2O6S. The summed E-state index contributed by atoms with van der Waals surface area (Å²) < 4.78 is 9.34. The number of thioether (sulfide) groups is 1. The SMILES string of the molecule is COc1ccc(N2CC=C[C@]34S[C@]5(C)/C=C\CCCCOC(=O)[C@@H]5[C@H]3C(=O)N(CCCO)C4C2=O)cc1. The zero-order valence-electron chi connectivity index (χ0n) is 21.3. The van der Waals surface area contributed by atoms with Gasteiger partial charge in [0.15, 0.2) is 0 Å². The molecule has 0 radical (unpaired) electrons. The van der Waals surface area contributed by atoms with Crippen molar-refractivity contribution in [2.45, 2.75) is 48.1 Å². The molecule has 9 heteroatoms. The van der Waals surface area contributed by atoms with Crippen molar-refractivity contribution in [2.24, 2.45) is 11.8 Å². The van der Waals surface area contributed by atoms with Crippen LogP contribution in [0, 0.1) is 11.8 Å². The topological polar surface area (TPSA) is 96.4 Å². The van der Waals surface area contributed by atoms with Gasteiger partial charge in [-0.25, -0.2) is 0 Å². The van der Waals surface area contributed by atoms with Crippen LogP contribution in [0.3, 0.4) is 0 Å². The van der Waals surface area contributed by atoms with Crippen molar-refractivity contribution >= 4 is 35.2 Å². The molecule has 5 rings (SSSR count). The number of benzene rings is 1. The van der Waals surface area contributed by atoms with E-state index in [0.717, 1.165) is 19.3 Å². The summed E-state index contributed by atoms with van der Waals surface area (Å²) in [5.41, 5.74) is 0.706. The molecule has 1 unspecified atom stereocenters. The van der Waals surface area contributed by atoms with Crippen molar-refractivity contribution in [3.05, 3.63) is 48.6 Å². The van der Waals surface area contributed by atoms with Gasteiger partial charge in [-0.15, -0.1) is 11.8 Å². The number of fused-ring (bicyclic) bond motifs is 2. The summed E-state index contributed by atoms with van der Waals surface area (Å²) in [6.45, 7) is 2.81. The molecule has 0 aliphatic carbocycles. The molecule has 0 saturated carbocycles. The molecule has 1 N–H and O–H groups in total. The zero-order valence-corrected chi connectivity index (χ0v) is 22.1. The maximum atomic E-state index is 14.3. The fourth-order valence-corrected chi connectivity index (χ4v) is 8.43. The molecule has 0 bridgehead atoms. The van der Waals surface area contributed by atoms with Gasteiger partial charge in [0.25, 0.3) is 5.91 Å². The lowest BCUT2D eigenvalue weighted by Gasteiger charge is -2.37. The molecule has 198 valence electrons. The highest BCUT2D eigenvalue weighted by Crippen LogP contribution is 2.65. The Hall–Kier alpha value is -2.78. The summed E-state index contributed by atoms with van der Waals surface area (Å²) in [5, 5.41) is 9.56. The maximum absolute atomic E-state index is 14.3. The van der Waals surface area contributed by atoms with Crippen molar-refractivity contribution in [1.29, 1.82) is 0 Å². The van der Waals surface area contributed by atoms with E-state index >= 15 is 0 Å². The number of ether oxygens (including phenoxy) is 2. The fourth-order valence-electron chi connectivity index (χ4n) is 6.27. The molecule has 2 fully saturated rings. The third kappa shape index (κ3) is 4.26. The number of anilines is 1. The Morgan fingerprint density at radius 3 is 2.59 bits per heavy atom. The van der Waals surface area contributed by atoms with Gasteiger partial charge in [-0.2, -0.15) is 0 Å². The number of aliphatic hydroxyl groups is 1. The lowest BCUT2D eigenvalue weighted by atomic mass is 9.74. The summed E-state index contributed by atoms with van der Waals surface area (Å²) >= 11 is 1.54. The Labute approximate surface area is 221 Å². The first-order valence-electron chi connectivity index (χ1n) is 13.0. The number of cyclic esters (lactones) is 1. The van der Waals surface area contributed by atoms with Crippen molar-refractivity contribution in [3.8, 4) is 5.75 Å². The Balaban J connectivity index is 1.61. The van der Waals surface area contributed by atoms with Crippen LogP contribution < -0.4 is 9.64 Å². The van der Waals surface area contributed by atoms with E-state index in [9.17, 15) is 19.5 Å². The average molecular weight is 527 g/mol. The fraction of sp³-hybridized carbons (Fsp3) is 0.536. The molecule has 1 aromatic rings. The molecule has 1 spiro atoms. The number of methoxy groups -OCH3 is 1. The van der Waals surface area contributed by atoms with E-state index in [0.29, 0.717) is 31.0 Å². The minimum Gasteiger partial charge on any atom is -0.497 e. The number of carbonyl (C=O) groups excluding carboxylic acids is 3. The quantitative estimate of drug-likeness (QED) is 0.466. The highest BCUT2D eigenvalue weighted by molar-refractivity contribution is 8.02. The Morgan fingerprint density at radius 1 is 1.08 bits per heavy atom. The number of amides is 2. The number of allylic oxidation sites excluding steroid dienone is 1. The second-order valence-corrected chi connectivity index (χ2v) is 12.0. The Morgan fingerprint density at radius 2 is 1.86 bits per heavy atom. The summed E-state index contributed by atoms with van der Waals surface area (Å²) in [6, 6.07) is 6.47. The highest BCUT2D eigenvalue weighted by atomic mass is 32.2. The van der Waals surface area contributed by atoms with Gasteiger partial charge in [-0.1, -0.05) is 24.3 Å². The van der Waals surface area contributed by atoms with Crippen molar-refractivity contribution < 1.29 is 29.0 Å². The maximum Gasteiger partial charge on any atom is 0.311 e. The smallest absolute Gasteiger partial charge is 0.311 e. The lowest BCUT2D eigenvalue weighted by Crippen LogP contribution is -2.53. The van der Waals surface area contributed by atoms with Crippen LogP contribution in [0.5, 0.6) is 5.75 Å². The van der Waals surface area contributed by atoms with Gasteiger partial charge in [0.05, 0.1) is 30.3 Å². The molecule has 2 amide bonds. The van der Waals surface area contributed by atoms with Gasteiger partial charge in [0, 0.05) is 30.1 Å². The van der Waals surface area contributed by atoms with E-state index in [2.05, 4.69) is 12.2 Å². The summed E-state index contributed by atoms with van der Waals surface area (Å²) in [7, 11) is 1.59. The van der Waals surface area contributed by atoms with Crippen molar-refractivity contribution in [3.63, 3.8) is 0 Å². The highest BCUT2D eigenvalue weighted by Gasteiger charge is 2.73. The Kier molecular flexibility index (Phi) is 7.11. The summed E-state index contributed by atoms with van der Waals surface area (Å²) in [4.78, 5) is 45.2.